The summed E-state index contributed by atoms with van der Waals surface area (Å²) in [5.74, 6) is -1.27. The average molecular weight is 613 g/mol. The van der Waals surface area contributed by atoms with Gasteiger partial charge in [-0.1, -0.05) is 85.6 Å². The number of aliphatic hydroxyl groups excluding tert-OH is 1. The highest BCUT2D eigenvalue weighted by atomic mass is 16.7. The van der Waals surface area contributed by atoms with E-state index >= 15 is 0 Å². The Hall–Kier alpha value is -3.82. The molecule has 0 aromatic heterocycles. The zero-order valence-electron chi connectivity index (χ0n) is 25.8. The minimum absolute atomic E-state index is 0.00868. The summed E-state index contributed by atoms with van der Waals surface area (Å²) in [6, 6.07) is 24.7. The monoisotopic (exact) mass is 612 g/mol. The maximum atomic E-state index is 12.0. The summed E-state index contributed by atoms with van der Waals surface area (Å²) in [5.41, 5.74) is 5.87. The quantitative estimate of drug-likeness (QED) is 0.183. The molecule has 3 unspecified atom stereocenters. The van der Waals surface area contributed by atoms with Gasteiger partial charge in [0.1, 0.15) is 0 Å². The van der Waals surface area contributed by atoms with Crippen LogP contribution in [0, 0.1) is 0 Å². The number of carboxylic acid groups (broad SMARTS) is 1. The molecule has 8 nitrogen and oxygen atoms in total. The molecule has 3 aromatic rings. The van der Waals surface area contributed by atoms with E-state index in [1.165, 1.54) is 25.7 Å². The number of carbonyl (C=O) groups is 2. The molecular formula is C37H44N2O6. The largest absolute Gasteiger partial charge is 0.481 e. The summed E-state index contributed by atoms with van der Waals surface area (Å²) >= 11 is 0. The van der Waals surface area contributed by atoms with Crippen molar-refractivity contribution in [3.05, 3.63) is 108 Å². The molecule has 1 saturated carbocycles. The Morgan fingerprint density at radius 3 is 2.33 bits per heavy atom. The number of nitrogens with zero attached hydrogens (tertiary/aromatic N) is 1. The van der Waals surface area contributed by atoms with E-state index in [2.05, 4.69) is 28.9 Å². The van der Waals surface area contributed by atoms with Crippen LogP contribution in [0.15, 0.2) is 85.5 Å². The van der Waals surface area contributed by atoms with Crippen molar-refractivity contribution in [2.75, 3.05) is 13.1 Å². The molecule has 2 fully saturated rings. The molecule has 5 rings (SSSR count). The number of carboxylic acids is 1. The van der Waals surface area contributed by atoms with Gasteiger partial charge in [0.05, 0.1) is 25.2 Å². The van der Waals surface area contributed by atoms with Crippen LogP contribution in [-0.2, 0) is 32.2 Å². The first-order chi connectivity index (χ1) is 21.9. The Morgan fingerprint density at radius 2 is 1.64 bits per heavy atom. The number of rotatable bonds is 14. The molecule has 0 radical (unpaired) electrons. The fourth-order valence-electron chi connectivity index (χ4n) is 6.31. The summed E-state index contributed by atoms with van der Waals surface area (Å²) in [6.45, 7) is 6.01. The van der Waals surface area contributed by atoms with Crippen LogP contribution in [0.25, 0.3) is 11.1 Å². The molecule has 2 aliphatic rings. The van der Waals surface area contributed by atoms with Gasteiger partial charge in [0.2, 0.25) is 5.91 Å². The first-order valence-corrected chi connectivity index (χ1v) is 15.9. The lowest BCUT2D eigenvalue weighted by Crippen LogP contribution is -2.43. The summed E-state index contributed by atoms with van der Waals surface area (Å²) in [4.78, 5) is 25.2. The Kier molecular flexibility index (Phi) is 11.5. The highest BCUT2D eigenvalue weighted by Crippen LogP contribution is 2.39. The van der Waals surface area contributed by atoms with Crippen LogP contribution >= 0.6 is 0 Å². The van der Waals surface area contributed by atoms with Crippen molar-refractivity contribution in [3.63, 3.8) is 0 Å². The van der Waals surface area contributed by atoms with Gasteiger partial charge < -0.3 is 25.0 Å². The van der Waals surface area contributed by atoms with E-state index in [-0.39, 0.29) is 37.6 Å². The van der Waals surface area contributed by atoms with Gasteiger partial charge in [-0.25, -0.2) is 0 Å². The molecule has 3 N–H and O–H groups in total. The van der Waals surface area contributed by atoms with Gasteiger partial charge in [-0.05, 0) is 46.7 Å². The predicted molar refractivity (Wildman–Crippen MR) is 173 cm³/mol. The average Bonchev–Trinajstić information content (AvgIpc) is 3.62. The van der Waals surface area contributed by atoms with E-state index < -0.39 is 12.3 Å². The van der Waals surface area contributed by atoms with Crippen LogP contribution in [0.1, 0.15) is 79.6 Å². The smallest absolute Gasteiger partial charge is 0.303 e. The van der Waals surface area contributed by atoms with E-state index in [0.29, 0.717) is 12.6 Å². The molecule has 3 aromatic carbocycles. The second-order valence-corrected chi connectivity index (χ2v) is 12.0. The van der Waals surface area contributed by atoms with Gasteiger partial charge in [0, 0.05) is 44.1 Å². The lowest BCUT2D eigenvalue weighted by atomic mass is 9.98. The molecule has 238 valence electrons. The number of aliphatic hydroxyl groups is 1. The molecule has 1 amide bonds. The summed E-state index contributed by atoms with van der Waals surface area (Å²) < 4.78 is 13.2. The molecule has 0 bridgehead atoms. The second kappa shape index (κ2) is 16.0. The Morgan fingerprint density at radius 1 is 0.911 bits per heavy atom. The third kappa shape index (κ3) is 9.11. The number of carbonyl (C=O) groups excluding carboxylic acids is 1. The molecular weight excluding hydrogens is 568 g/mol. The second-order valence-electron chi connectivity index (χ2n) is 12.0. The first-order valence-electron chi connectivity index (χ1n) is 15.9. The lowest BCUT2D eigenvalue weighted by Gasteiger charge is -2.39. The van der Waals surface area contributed by atoms with E-state index in [4.69, 9.17) is 14.6 Å². The fraction of sp³-hybridized carbons (Fsp3) is 0.405. The molecule has 45 heavy (non-hydrogen) atoms. The number of benzene rings is 3. The summed E-state index contributed by atoms with van der Waals surface area (Å²) in [5, 5.41) is 21.1. The molecule has 1 aliphatic heterocycles. The van der Waals surface area contributed by atoms with Crippen LogP contribution in [0.4, 0.5) is 0 Å². The number of aliphatic carboxylic acids is 1. The molecule has 0 spiro atoms. The van der Waals surface area contributed by atoms with Crippen molar-refractivity contribution in [1.82, 2.24) is 10.2 Å². The lowest BCUT2D eigenvalue weighted by molar-refractivity contribution is -0.253. The SMILES string of the molecule is C=CCN(CC1CC(c2ccc(CO)cc2)OC(c2ccc(-c3cccc(CNC(=O)CCC(=O)O)c3)cc2)O1)C1CCCC1. The van der Waals surface area contributed by atoms with Crippen molar-refractivity contribution in [1.29, 1.82) is 0 Å². The predicted octanol–water partition coefficient (Wildman–Crippen LogP) is 6.30. The minimum Gasteiger partial charge on any atom is -0.481 e. The summed E-state index contributed by atoms with van der Waals surface area (Å²) in [7, 11) is 0. The molecule has 8 heteroatoms. The topological polar surface area (TPSA) is 108 Å². The Labute approximate surface area is 265 Å². The van der Waals surface area contributed by atoms with Gasteiger partial charge in [-0.15, -0.1) is 6.58 Å². The van der Waals surface area contributed by atoms with Crippen molar-refractivity contribution in [3.8, 4) is 11.1 Å². The third-order valence-corrected chi connectivity index (χ3v) is 8.76. The number of nitrogens with one attached hydrogen (secondary N) is 1. The van der Waals surface area contributed by atoms with Crippen molar-refractivity contribution >= 4 is 11.9 Å². The van der Waals surface area contributed by atoms with E-state index in [0.717, 1.165) is 52.9 Å². The Bertz CT molecular complexity index is 1420. The zero-order valence-corrected chi connectivity index (χ0v) is 25.8. The number of ether oxygens (including phenoxy) is 2. The van der Waals surface area contributed by atoms with Gasteiger partial charge in [0.25, 0.3) is 0 Å². The van der Waals surface area contributed by atoms with Crippen LogP contribution < -0.4 is 5.32 Å². The van der Waals surface area contributed by atoms with Crippen molar-refractivity contribution in [2.24, 2.45) is 0 Å². The minimum atomic E-state index is -0.985. The molecule has 1 saturated heterocycles. The number of hydrogen-bond acceptors (Lipinski definition) is 6. The Balaban J connectivity index is 1.30. The van der Waals surface area contributed by atoms with Gasteiger partial charge >= 0.3 is 5.97 Å². The third-order valence-electron chi connectivity index (χ3n) is 8.76. The van der Waals surface area contributed by atoms with Crippen LogP contribution in [0.2, 0.25) is 0 Å². The zero-order chi connectivity index (χ0) is 31.6. The van der Waals surface area contributed by atoms with E-state index in [9.17, 15) is 14.7 Å². The molecule has 1 heterocycles. The van der Waals surface area contributed by atoms with Gasteiger partial charge in [0.15, 0.2) is 6.29 Å². The first kappa shape index (κ1) is 32.6. The van der Waals surface area contributed by atoms with E-state index in [1.54, 1.807) is 0 Å². The van der Waals surface area contributed by atoms with E-state index in [1.807, 2.05) is 66.7 Å². The highest BCUT2D eigenvalue weighted by Gasteiger charge is 2.34. The van der Waals surface area contributed by atoms with Crippen LogP contribution in [-0.4, -0.2) is 52.2 Å². The van der Waals surface area contributed by atoms with Crippen LogP contribution in [0.3, 0.4) is 0 Å². The van der Waals surface area contributed by atoms with Gasteiger partial charge in [-0.2, -0.15) is 0 Å². The van der Waals surface area contributed by atoms with Gasteiger partial charge in [-0.3, -0.25) is 14.5 Å². The highest BCUT2D eigenvalue weighted by molar-refractivity contribution is 5.80. The fourth-order valence-corrected chi connectivity index (χ4v) is 6.31. The summed E-state index contributed by atoms with van der Waals surface area (Å²) in [6.07, 6.45) is 6.79. The molecule has 3 atom stereocenters. The number of hydrogen-bond donors (Lipinski definition) is 3. The maximum Gasteiger partial charge on any atom is 0.303 e. The van der Waals surface area contributed by atoms with Crippen molar-refractivity contribution < 1.29 is 29.3 Å². The number of amides is 1. The molecule has 1 aliphatic carbocycles. The van der Waals surface area contributed by atoms with Crippen molar-refractivity contribution in [2.45, 2.75) is 82.6 Å². The maximum absolute atomic E-state index is 12.0. The normalized spacial score (nSPS) is 20.3. The standard InChI is InChI=1S/C37H44N2O6/c1-2-20-39(32-8-3-4-9-32)24-33-22-34(29-12-10-26(25-40)11-13-29)45-37(44-33)30-16-14-28(15-17-30)31-7-5-6-27(21-31)23-38-35(41)18-19-36(42)43/h2,5-7,10-17,21,32-34,37,40H,1,3-4,8-9,18-20,22-25H2,(H,38,41)(H,42,43). The van der Waals surface area contributed by atoms with Crippen LogP contribution in [0.5, 0.6) is 0 Å².